The van der Waals surface area contributed by atoms with Crippen molar-refractivity contribution in [1.29, 1.82) is 5.26 Å². The van der Waals surface area contributed by atoms with Crippen molar-refractivity contribution < 1.29 is 22.8 Å². The summed E-state index contributed by atoms with van der Waals surface area (Å²) in [5.41, 5.74) is 1.30. The average Bonchev–Trinajstić information content (AvgIpc) is 3.52. The standard InChI is InChI=1S/C23H16ClF3N8O2S/c1-11-7-12(9-28)8-14(20(36)29-2)17(11)31-21(37)18-19(13-5-3-4-6-15(13)24)38-16(30-18)10-35-33-22(32-34-35)23(25,26)27/h3-8H,10H2,1-2H3,(H,29,36)(H,31,37). The average molecular weight is 561 g/mol. The van der Waals surface area contributed by atoms with Crippen LogP contribution >= 0.6 is 22.9 Å². The maximum absolute atomic E-state index is 13.5. The Balaban J connectivity index is 1.76. The maximum Gasteiger partial charge on any atom is 0.455 e. The van der Waals surface area contributed by atoms with Gasteiger partial charge in [-0.3, -0.25) is 9.59 Å². The van der Waals surface area contributed by atoms with Crippen molar-refractivity contribution in [2.75, 3.05) is 12.4 Å². The molecule has 2 amide bonds. The van der Waals surface area contributed by atoms with Crippen molar-refractivity contribution in [2.45, 2.75) is 19.6 Å². The number of alkyl halides is 3. The third-order valence-corrected chi connectivity index (χ3v) is 6.57. The number of anilines is 1. The molecule has 10 nitrogen and oxygen atoms in total. The second-order valence-electron chi connectivity index (χ2n) is 7.77. The molecule has 2 aromatic carbocycles. The van der Waals surface area contributed by atoms with Crippen molar-refractivity contribution in [3.8, 4) is 16.5 Å². The van der Waals surface area contributed by atoms with Gasteiger partial charge < -0.3 is 10.6 Å². The van der Waals surface area contributed by atoms with E-state index in [1.165, 1.54) is 19.2 Å². The van der Waals surface area contributed by atoms with Crippen LogP contribution in [0.15, 0.2) is 36.4 Å². The minimum atomic E-state index is -4.77. The molecular formula is C23H16ClF3N8O2S. The number of benzene rings is 2. The van der Waals surface area contributed by atoms with Gasteiger partial charge in [0.15, 0.2) is 0 Å². The van der Waals surface area contributed by atoms with Gasteiger partial charge in [-0.2, -0.15) is 23.2 Å². The number of thiazole rings is 1. The molecule has 0 saturated heterocycles. The van der Waals surface area contributed by atoms with Crippen LogP contribution in [0.2, 0.25) is 5.02 Å². The molecule has 0 radical (unpaired) electrons. The van der Waals surface area contributed by atoms with Crippen LogP contribution in [0.1, 0.15) is 42.8 Å². The van der Waals surface area contributed by atoms with Gasteiger partial charge in [0.05, 0.1) is 27.8 Å². The molecule has 2 heterocycles. The Labute approximate surface area is 222 Å². The van der Waals surface area contributed by atoms with Crippen LogP contribution in [0.4, 0.5) is 18.9 Å². The third kappa shape index (κ3) is 5.48. The van der Waals surface area contributed by atoms with Gasteiger partial charge in [0.2, 0.25) is 0 Å². The zero-order valence-corrected chi connectivity index (χ0v) is 21.2. The van der Waals surface area contributed by atoms with E-state index in [1.807, 2.05) is 6.07 Å². The zero-order chi connectivity index (χ0) is 27.6. The number of nitriles is 1. The van der Waals surface area contributed by atoms with Crippen molar-refractivity contribution in [1.82, 2.24) is 30.5 Å². The number of hydrogen-bond donors (Lipinski definition) is 2. The molecule has 2 N–H and O–H groups in total. The monoisotopic (exact) mass is 560 g/mol. The van der Waals surface area contributed by atoms with Crippen LogP contribution < -0.4 is 10.6 Å². The number of carbonyl (C=O) groups is 2. The Morgan fingerprint density at radius 1 is 1.21 bits per heavy atom. The Morgan fingerprint density at radius 2 is 1.95 bits per heavy atom. The first-order valence-corrected chi connectivity index (χ1v) is 11.9. The summed E-state index contributed by atoms with van der Waals surface area (Å²) in [5.74, 6) is -2.64. The van der Waals surface area contributed by atoms with Gasteiger partial charge in [-0.15, -0.1) is 21.5 Å². The summed E-state index contributed by atoms with van der Waals surface area (Å²) in [6.07, 6.45) is -4.77. The van der Waals surface area contributed by atoms with Gasteiger partial charge in [-0.05, 0) is 35.9 Å². The molecule has 194 valence electrons. The molecule has 0 fully saturated rings. The number of halogens is 4. The van der Waals surface area contributed by atoms with E-state index in [0.717, 1.165) is 11.3 Å². The molecule has 0 aliphatic heterocycles. The summed E-state index contributed by atoms with van der Waals surface area (Å²) in [4.78, 5) is 31.4. The summed E-state index contributed by atoms with van der Waals surface area (Å²) < 4.78 is 38.6. The summed E-state index contributed by atoms with van der Waals surface area (Å²) in [6, 6.07) is 11.5. The van der Waals surface area contributed by atoms with Crippen LogP contribution in [-0.2, 0) is 12.7 Å². The number of aryl methyl sites for hydroxylation is 1. The molecule has 0 spiro atoms. The highest BCUT2D eigenvalue weighted by Gasteiger charge is 2.37. The zero-order valence-electron chi connectivity index (χ0n) is 19.6. The molecule has 15 heteroatoms. The molecule has 38 heavy (non-hydrogen) atoms. The second-order valence-corrected chi connectivity index (χ2v) is 9.26. The van der Waals surface area contributed by atoms with Crippen LogP contribution in [0.5, 0.6) is 0 Å². The lowest BCUT2D eigenvalue weighted by molar-refractivity contribution is -0.145. The van der Waals surface area contributed by atoms with E-state index in [1.54, 1.807) is 31.2 Å². The van der Waals surface area contributed by atoms with Crippen molar-refractivity contribution in [2.24, 2.45) is 0 Å². The molecule has 0 saturated carbocycles. The number of carbonyl (C=O) groups excluding carboxylic acids is 2. The summed E-state index contributed by atoms with van der Waals surface area (Å²) in [6.45, 7) is 1.33. The van der Waals surface area contributed by atoms with Gasteiger partial charge in [0.1, 0.15) is 17.2 Å². The molecule has 2 aromatic heterocycles. The first-order valence-electron chi connectivity index (χ1n) is 10.7. The molecule has 0 atom stereocenters. The molecule has 0 aliphatic carbocycles. The van der Waals surface area contributed by atoms with Crippen LogP contribution in [-0.4, -0.2) is 44.1 Å². The van der Waals surface area contributed by atoms with Gasteiger partial charge in [-0.1, -0.05) is 29.8 Å². The molecule has 4 aromatic rings. The summed E-state index contributed by atoms with van der Waals surface area (Å²) >= 11 is 7.38. The number of amides is 2. The Hall–Kier alpha value is -4.35. The van der Waals surface area contributed by atoms with E-state index >= 15 is 0 Å². The Bertz CT molecular complexity index is 1590. The van der Waals surface area contributed by atoms with E-state index in [2.05, 4.69) is 31.0 Å². The minimum absolute atomic E-state index is 0.0682. The molecule has 0 unspecified atom stereocenters. The van der Waals surface area contributed by atoms with Gasteiger partial charge in [0, 0.05) is 17.6 Å². The van der Waals surface area contributed by atoms with Gasteiger partial charge >= 0.3 is 6.18 Å². The maximum atomic E-state index is 13.5. The van der Waals surface area contributed by atoms with Crippen LogP contribution in [0.25, 0.3) is 10.4 Å². The van der Waals surface area contributed by atoms with Crippen molar-refractivity contribution in [3.05, 3.63) is 74.6 Å². The van der Waals surface area contributed by atoms with Gasteiger partial charge in [0.25, 0.3) is 17.6 Å². The van der Waals surface area contributed by atoms with E-state index in [4.69, 9.17) is 11.6 Å². The summed E-state index contributed by atoms with van der Waals surface area (Å²) in [7, 11) is 1.41. The fourth-order valence-electron chi connectivity index (χ4n) is 3.46. The van der Waals surface area contributed by atoms with E-state index < -0.39 is 23.8 Å². The molecule has 0 aliphatic rings. The first kappa shape index (κ1) is 26.7. The Morgan fingerprint density at radius 3 is 2.58 bits per heavy atom. The fraction of sp³-hybridized carbons (Fsp3) is 0.174. The fourth-order valence-corrected chi connectivity index (χ4v) is 4.82. The third-order valence-electron chi connectivity index (χ3n) is 5.16. The SMILES string of the molecule is CNC(=O)c1cc(C#N)cc(C)c1NC(=O)c1nc(Cn2nnc(C(F)(F)F)n2)sc1-c1ccccc1Cl. The Kier molecular flexibility index (Phi) is 7.42. The molecule has 0 bridgehead atoms. The van der Waals surface area contributed by atoms with Gasteiger partial charge in [-0.25, -0.2) is 4.98 Å². The number of rotatable bonds is 6. The summed E-state index contributed by atoms with van der Waals surface area (Å²) in [5, 5.41) is 24.7. The predicted octanol–water partition coefficient (Wildman–Crippen LogP) is 4.31. The lowest BCUT2D eigenvalue weighted by Crippen LogP contribution is -2.23. The lowest BCUT2D eigenvalue weighted by Gasteiger charge is -2.14. The largest absolute Gasteiger partial charge is 0.455 e. The van der Waals surface area contributed by atoms with E-state index in [9.17, 15) is 28.0 Å². The normalized spacial score (nSPS) is 11.2. The smallest absolute Gasteiger partial charge is 0.355 e. The first-order chi connectivity index (χ1) is 18.0. The van der Waals surface area contributed by atoms with E-state index in [0.29, 0.717) is 25.8 Å². The highest BCUT2D eigenvalue weighted by molar-refractivity contribution is 7.15. The number of aromatic nitrogens is 5. The topological polar surface area (TPSA) is 138 Å². The minimum Gasteiger partial charge on any atom is -0.355 e. The predicted molar refractivity (Wildman–Crippen MR) is 132 cm³/mol. The highest BCUT2D eigenvalue weighted by atomic mass is 35.5. The van der Waals surface area contributed by atoms with Crippen molar-refractivity contribution >= 4 is 40.4 Å². The van der Waals surface area contributed by atoms with E-state index in [-0.39, 0.29) is 34.1 Å². The van der Waals surface area contributed by atoms with Crippen molar-refractivity contribution in [3.63, 3.8) is 0 Å². The lowest BCUT2D eigenvalue weighted by atomic mass is 10.0. The van der Waals surface area contributed by atoms with Crippen LogP contribution in [0, 0.1) is 18.3 Å². The highest BCUT2D eigenvalue weighted by Crippen LogP contribution is 2.36. The molecule has 4 rings (SSSR count). The number of nitrogens with one attached hydrogen (secondary N) is 2. The number of tetrazole rings is 1. The quantitative estimate of drug-likeness (QED) is 0.358. The molecular weight excluding hydrogens is 545 g/mol. The van der Waals surface area contributed by atoms with Crippen LogP contribution in [0.3, 0.4) is 0 Å². The second kappa shape index (κ2) is 10.6. The number of nitrogens with zero attached hydrogens (tertiary/aromatic N) is 6. The number of hydrogen-bond acceptors (Lipinski definition) is 8.